The second-order valence-corrected chi connectivity index (χ2v) is 5.61. The van der Waals surface area contributed by atoms with Crippen LogP contribution in [0.5, 0.6) is 0 Å². The summed E-state index contributed by atoms with van der Waals surface area (Å²) in [7, 11) is 0. The SMILES string of the molecule is CC(C)CN(CC(=O)NC(C)C(=O)O)CC(C)C. The first-order valence-corrected chi connectivity index (χ1v) is 6.46. The number of carboxylic acids is 1. The summed E-state index contributed by atoms with van der Waals surface area (Å²) in [5.41, 5.74) is 0. The fourth-order valence-electron chi connectivity index (χ4n) is 1.79. The van der Waals surface area contributed by atoms with Crippen molar-refractivity contribution in [3.63, 3.8) is 0 Å². The van der Waals surface area contributed by atoms with Crippen molar-refractivity contribution in [2.45, 2.75) is 40.7 Å². The summed E-state index contributed by atoms with van der Waals surface area (Å²) in [6, 6.07) is -0.836. The summed E-state index contributed by atoms with van der Waals surface area (Å²) < 4.78 is 0. The minimum absolute atomic E-state index is 0.230. The van der Waals surface area contributed by atoms with Gasteiger partial charge in [0, 0.05) is 13.1 Å². The molecule has 0 aliphatic carbocycles. The van der Waals surface area contributed by atoms with Gasteiger partial charge in [0.15, 0.2) is 0 Å². The molecule has 1 unspecified atom stereocenters. The van der Waals surface area contributed by atoms with Gasteiger partial charge >= 0.3 is 5.97 Å². The number of hydrogen-bond donors (Lipinski definition) is 2. The van der Waals surface area contributed by atoms with Crippen LogP contribution in [0, 0.1) is 11.8 Å². The largest absolute Gasteiger partial charge is 0.480 e. The number of nitrogens with one attached hydrogen (secondary N) is 1. The van der Waals surface area contributed by atoms with Crippen molar-refractivity contribution in [2.24, 2.45) is 11.8 Å². The summed E-state index contributed by atoms with van der Waals surface area (Å²) in [5.74, 6) is -0.282. The molecule has 1 atom stereocenters. The summed E-state index contributed by atoms with van der Waals surface area (Å²) in [6.45, 7) is 11.8. The monoisotopic (exact) mass is 258 g/mol. The van der Waals surface area contributed by atoms with Crippen molar-refractivity contribution in [2.75, 3.05) is 19.6 Å². The Bertz CT molecular complexity index is 267. The highest BCUT2D eigenvalue weighted by molar-refractivity contribution is 5.84. The molecule has 2 N–H and O–H groups in total. The van der Waals surface area contributed by atoms with Crippen LogP contribution in [0.3, 0.4) is 0 Å². The molecule has 18 heavy (non-hydrogen) atoms. The number of amides is 1. The Morgan fingerprint density at radius 1 is 1.06 bits per heavy atom. The Morgan fingerprint density at radius 3 is 1.83 bits per heavy atom. The highest BCUT2D eigenvalue weighted by Crippen LogP contribution is 2.03. The molecule has 0 aromatic heterocycles. The van der Waals surface area contributed by atoms with Crippen molar-refractivity contribution in [1.29, 1.82) is 0 Å². The summed E-state index contributed by atoms with van der Waals surface area (Å²) >= 11 is 0. The maximum Gasteiger partial charge on any atom is 0.325 e. The van der Waals surface area contributed by atoms with Crippen molar-refractivity contribution in [3.05, 3.63) is 0 Å². The molecule has 0 saturated heterocycles. The van der Waals surface area contributed by atoms with E-state index in [0.717, 1.165) is 13.1 Å². The van der Waals surface area contributed by atoms with Gasteiger partial charge in [-0.15, -0.1) is 0 Å². The minimum atomic E-state index is -1.01. The maximum atomic E-state index is 11.7. The van der Waals surface area contributed by atoms with E-state index in [1.165, 1.54) is 6.92 Å². The van der Waals surface area contributed by atoms with E-state index in [0.29, 0.717) is 11.8 Å². The van der Waals surface area contributed by atoms with E-state index in [1.807, 2.05) is 0 Å². The van der Waals surface area contributed by atoms with Crippen LogP contribution in [0.1, 0.15) is 34.6 Å². The molecule has 106 valence electrons. The quantitative estimate of drug-likeness (QED) is 0.686. The molecule has 0 saturated carbocycles. The number of rotatable bonds is 8. The van der Waals surface area contributed by atoms with Gasteiger partial charge < -0.3 is 10.4 Å². The van der Waals surface area contributed by atoms with Crippen molar-refractivity contribution < 1.29 is 14.7 Å². The molecule has 0 aromatic rings. The second kappa shape index (κ2) is 8.08. The van der Waals surface area contributed by atoms with Crippen molar-refractivity contribution >= 4 is 11.9 Å². The first kappa shape index (κ1) is 16.9. The molecular formula is C13H26N2O3. The van der Waals surface area contributed by atoms with Crippen LogP contribution in [0.4, 0.5) is 0 Å². The molecule has 0 bridgehead atoms. The average Bonchev–Trinajstić information content (AvgIpc) is 2.14. The van der Waals surface area contributed by atoms with Gasteiger partial charge in [-0.05, 0) is 18.8 Å². The zero-order valence-electron chi connectivity index (χ0n) is 12.1. The molecule has 0 aliphatic rings. The van der Waals surface area contributed by atoms with E-state index in [1.54, 1.807) is 0 Å². The molecule has 0 aliphatic heterocycles. The lowest BCUT2D eigenvalue weighted by Gasteiger charge is -2.25. The predicted octanol–water partition coefficient (Wildman–Crippen LogP) is 1.19. The first-order valence-electron chi connectivity index (χ1n) is 6.46. The molecule has 1 amide bonds. The van der Waals surface area contributed by atoms with Gasteiger partial charge in [-0.2, -0.15) is 0 Å². The lowest BCUT2D eigenvalue weighted by Crippen LogP contribution is -2.45. The molecule has 0 heterocycles. The fraction of sp³-hybridized carbons (Fsp3) is 0.846. The number of carbonyl (C=O) groups is 2. The van der Waals surface area contributed by atoms with E-state index in [-0.39, 0.29) is 12.5 Å². The second-order valence-electron chi connectivity index (χ2n) is 5.61. The summed E-state index contributed by atoms with van der Waals surface area (Å²) in [6.07, 6.45) is 0. The lowest BCUT2D eigenvalue weighted by molar-refractivity contribution is -0.141. The molecule has 0 radical (unpaired) electrons. The first-order chi connectivity index (χ1) is 8.22. The predicted molar refractivity (Wildman–Crippen MR) is 71.4 cm³/mol. The Balaban J connectivity index is 4.29. The van der Waals surface area contributed by atoms with Crippen LogP contribution >= 0.6 is 0 Å². The van der Waals surface area contributed by atoms with Crippen molar-refractivity contribution in [3.8, 4) is 0 Å². The Labute approximate surface area is 110 Å². The minimum Gasteiger partial charge on any atom is -0.480 e. The fourth-order valence-corrected chi connectivity index (χ4v) is 1.79. The van der Waals surface area contributed by atoms with E-state index in [9.17, 15) is 9.59 Å². The topological polar surface area (TPSA) is 69.6 Å². The van der Waals surface area contributed by atoms with Gasteiger partial charge in [0.1, 0.15) is 6.04 Å². The van der Waals surface area contributed by atoms with Gasteiger partial charge in [0.05, 0.1) is 6.54 Å². The van der Waals surface area contributed by atoms with E-state index in [2.05, 4.69) is 37.9 Å². The average molecular weight is 258 g/mol. The molecule has 0 spiro atoms. The third kappa shape index (κ3) is 8.06. The van der Waals surface area contributed by atoms with Gasteiger partial charge in [-0.25, -0.2) is 0 Å². The van der Waals surface area contributed by atoms with Gasteiger partial charge in [0.25, 0.3) is 0 Å². The summed E-state index contributed by atoms with van der Waals surface area (Å²) in [5, 5.41) is 11.2. The molecule has 0 aromatic carbocycles. The molecule has 5 heteroatoms. The highest BCUT2D eigenvalue weighted by Gasteiger charge is 2.17. The molecule has 5 nitrogen and oxygen atoms in total. The lowest BCUT2D eigenvalue weighted by atomic mass is 10.1. The Hall–Kier alpha value is -1.10. The normalized spacial score (nSPS) is 13.1. The zero-order chi connectivity index (χ0) is 14.3. The number of carboxylic acid groups (broad SMARTS) is 1. The number of aliphatic carboxylic acids is 1. The van der Waals surface area contributed by atoms with Gasteiger partial charge in [0.2, 0.25) is 5.91 Å². The van der Waals surface area contributed by atoms with Crippen LogP contribution < -0.4 is 5.32 Å². The van der Waals surface area contributed by atoms with Crippen LogP contribution in [0.2, 0.25) is 0 Å². The van der Waals surface area contributed by atoms with E-state index >= 15 is 0 Å². The van der Waals surface area contributed by atoms with E-state index in [4.69, 9.17) is 5.11 Å². The van der Waals surface area contributed by atoms with Crippen LogP contribution in [0.15, 0.2) is 0 Å². The smallest absolute Gasteiger partial charge is 0.325 e. The van der Waals surface area contributed by atoms with Crippen LogP contribution in [-0.4, -0.2) is 47.6 Å². The van der Waals surface area contributed by atoms with Gasteiger partial charge in [-0.3, -0.25) is 14.5 Å². The van der Waals surface area contributed by atoms with E-state index < -0.39 is 12.0 Å². The van der Waals surface area contributed by atoms with Crippen molar-refractivity contribution in [1.82, 2.24) is 10.2 Å². The Morgan fingerprint density at radius 2 is 1.50 bits per heavy atom. The highest BCUT2D eigenvalue weighted by atomic mass is 16.4. The maximum absolute atomic E-state index is 11.7. The standard InChI is InChI=1S/C13H26N2O3/c1-9(2)6-15(7-10(3)4)8-12(16)14-11(5)13(17)18/h9-11H,6-8H2,1-5H3,(H,14,16)(H,17,18). The molecule has 0 fully saturated rings. The van der Waals surface area contributed by atoms with Crippen LogP contribution in [-0.2, 0) is 9.59 Å². The molecule has 0 rings (SSSR count). The number of nitrogens with zero attached hydrogens (tertiary/aromatic N) is 1. The zero-order valence-corrected chi connectivity index (χ0v) is 12.1. The third-order valence-electron chi connectivity index (χ3n) is 2.36. The molecular weight excluding hydrogens is 232 g/mol. The van der Waals surface area contributed by atoms with Gasteiger partial charge in [-0.1, -0.05) is 27.7 Å². The van der Waals surface area contributed by atoms with Crippen LogP contribution in [0.25, 0.3) is 0 Å². The number of hydrogen-bond acceptors (Lipinski definition) is 3. The summed E-state index contributed by atoms with van der Waals surface area (Å²) in [4.78, 5) is 24.4. The number of carbonyl (C=O) groups excluding carboxylic acids is 1. The third-order valence-corrected chi connectivity index (χ3v) is 2.36. The Kier molecular flexibility index (Phi) is 7.59.